The van der Waals surface area contributed by atoms with Gasteiger partial charge in [0.1, 0.15) is 17.4 Å². The Morgan fingerprint density at radius 1 is 1.22 bits per heavy atom. The van der Waals surface area contributed by atoms with Crippen LogP contribution < -0.4 is 10.1 Å². The number of aryl methyl sites for hydroxylation is 1. The number of nitrogens with one attached hydrogen (secondary N) is 1. The molecule has 0 radical (unpaired) electrons. The van der Waals surface area contributed by atoms with Crippen molar-refractivity contribution in [2.45, 2.75) is 13.8 Å². The van der Waals surface area contributed by atoms with Gasteiger partial charge in [0, 0.05) is 11.5 Å². The van der Waals surface area contributed by atoms with E-state index < -0.39 is 0 Å². The standard InChI is InChI=1S/C25H21N5O2/c1-3-32-20-11-8-18(9-12-20)10-13-24(31)29-25-19(15-26)16-27-30(25)23-14-17(2)21-6-4-5-7-22(21)28-23/h4-14,16H,3H2,1-2H3,(H,29,31)/b13-10+. The number of anilines is 1. The Hall–Kier alpha value is -4.44. The predicted molar refractivity (Wildman–Crippen MR) is 124 cm³/mol. The quantitative estimate of drug-likeness (QED) is 0.456. The first kappa shape index (κ1) is 20.8. The molecule has 2 aromatic carbocycles. The van der Waals surface area contributed by atoms with Gasteiger partial charge in [-0.1, -0.05) is 30.3 Å². The maximum absolute atomic E-state index is 12.6. The second kappa shape index (κ2) is 9.14. The minimum atomic E-state index is -0.380. The number of rotatable bonds is 6. The maximum atomic E-state index is 12.6. The molecule has 2 heterocycles. The normalized spacial score (nSPS) is 10.9. The third kappa shape index (κ3) is 4.35. The van der Waals surface area contributed by atoms with Crippen LogP contribution in [0.25, 0.3) is 22.8 Å². The van der Waals surface area contributed by atoms with E-state index in [-0.39, 0.29) is 17.3 Å². The SMILES string of the molecule is CCOc1ccc(/C=C/C(=O)Nc2c(C#N)cnn2-c2cc(C)c3ccccc3n2)cc1. The fourth-order valence-corrected chi connectivity index (χ4v) is 3.34. The van der Waals surface area contributed by atoms with Gasteiger partial charge in [0.15, 0.2) is 11.6 Å². The van der Waals surface area contributed by atoms with Crippen LogP contribution in [0.1, 0.15) is 23.6 Å². The first-order valence-corrected chi connectivity index (χ1v) is 10.2. The van der Waals surface area contributed by atoms with E-state index in [2.05, 4.69) is 21.5 Å². The molecule has 0 aliphatic heterocycles. The van der Waals surface area contributed by atoms with Crippen LogP contribution in [0, 0.1) is 18.3 Å². The van der Waals surface area contributed by atoms with Crippen molar-refractivity contribution < 1.29 is 9.53 Å². The fraction of sp³-hybridized carbons (Fsp3) is 0.120. The average Bonchev–Trinajstić information content (AvgIpc) is 3.21. The first-order chi connectivity index (χ1) is 15.6. The van der Waals surface area contributed by atoms with Crippen molar-refractivity contribution in [1.29, 1.82) is 5.26 Å². The topological polar surface area (TPSA) is 92.8 Å². The van der Waals surface area contributed by atoms with Gasteiger partial charge in [0.25, 0.3) is 0 Å². The molecule has 0 unspecified atom stereocenters. The van der Waals surface area contributed by atoms with Gasteiger partial charge in [0.05, 0.1) is 18.3 Å². The van der Waals surface area contributed by atoms with Crippen molar-refractivity contribution in [3.05, 3.63) is 83.6 Å². The Morgan fingerprint density at radius 2 is 2.00 bits per heavy atom. The lowest BCUT2D eigenvalue weighted by Gasteiger charge is -2.10. The zero-order chi connectivity index (χ0) is 22.5. The molecule has 0 bridgehead atoms. The molecule has 0 aliphatic rings. The van der Waals surface area contributed by atoms with Crippen molar-refractivity contribution in [3.8, 4) is 17.6 Å². The predicted octanol–water partition coefficient (Wildman–Crippen LogP) is 4.65. The number of ether oxygens (including phenoxy) is 1. The summed E-state index contributed by atoms with van der Waals surface area (Å²) in [6.45, 7) is 4.51. The zero-order valence-corrected chi connectivity index (χ0v) is 17.7. The number of nitrogens with zero attached hydrogens (tertiary/aromatic N) is 4. The molecule has 0 spiro atoms. The van der Waals surface area contributed by atoms with Crippen LogP contribution in [0.5, 0.6) is 5.75 Å². The number of benzene rings is 2. The summed E-state index contributed by atoms with van der Waals surface area (Å²) >= 11 is 0. The van der Waals surface area contributed by atoms with Crippen LogP contribution in [0.15, 0.2) is 66.9 Å². The molecule has 32 heavy (non-hydrogen) atoms. The summed E-state index contributed by atoms with van der Waals surface area (Å²) in [7, 11) is 0. The Balaban J connectivity index is 1.60. The van der Waals surface area contributed by atoms with Gasteiger partial charge in [-0.2, -0.15) is 15.0 Å². The van der Waals surface area contributed by atoms with Crippen molar-refractivity contribution in [2.24, 2.45) is 0 Å². The number of carbonyl (C=O) groups excluding carboxylic acids is 1. The lowest BCUT2D eigenvalue weighted by atomic mass is 10.1. The van der Waals surface area contributed by atoms with E-state index in [1.165, 1.54) is 17.0 Å². The Kier molecular flexibility index (Phi) is 5.95. The van der Waals surface area contributed by atoms with Crippen LogP contribution in [-0.2, 0) is 4.79 Å². The van der Waals surface area contributed by atoms with E-state index in [0.717, 1.165) is 27.8 Å². The molecule has 158 valence electrons. The van der Waals surface area contributed by atoms with E-state index in [9.17, 15) is 10.1 Å². The van der Waals surface area contributed by atoms with E-state index >= 15 is 0 Å². The highest BCUT2D eigenvalue weighted by atomic mass is 16.5. The maximum Gasteiger partial charge on any atom is 0.249 e. The number of carbonyl (C=O) groups is 1. The highest BCUT2D eigenvalue weighted by molar-refractivity contribution is 6.02. The van der Waals surface area contributed by atoms with Crippen LogP contribution in [0.3, 0.4) is 0 Å². The summed E-state index contributed by atoms with van der Waals surface area (Å²) < 4.78 is 6.90. The first-order valence-electron chi connectivity index (χ1n) is 10.2. The summed E-state index contributed by atoms with van der Waals surface area (Å²) in [4.78, 5) is 17.2. The van der Waals surface area contributed by atoms with Crippen LogP contribution >= 0.6 is 0 Å². The average molecular weight is 423 g/mol. The van der Waals surface area contributed by atoms with Crippen LogP contribution in [-0.4, -0.2) is 27.3 Å². The number of hydrogen-bond acceptors (Lipinski definition) is 5. The number of nitriles is 1. The second-order valence-electron chi connectivity index (χ2n) is 7.07. The number of fused-ring (bicyclic) bond motifs is 1. The number of aromatic nitrogens is 3. The molecule has 0 fully saturated rings. The van der Waals surface area contributed by atoms with E-state index in [1.807, 2.05) is 68.4 Å². The highest BCUT2D eigenvalue weighted by Gasteiger charge is 2.16. The molecular formula is C25H21N5O2. The minimum Gasteiger partial charge on any atom is -0.494 e. The molecule has 4 aromatic rings. The van der Waals surface area contributed by atoms with Gasteiger partial charge in [-0.25, -0.2) is 4.98 Å². The number of pyridine rings is 1. The van der Waals surface area contributed by atoms with Crippen molar-refractivity contribution >= 4 is 28.7 Å². The Bertz CT molecular complexity index is 1350. The Morgan fingerprint density at radius 3 is 2.75 bits per heavy atom. The van der Waals surface area contributed by atoms with Gasteiger partial charge in [-0.15, -0.1) is 0 Å². The highest BCUT2D eigenvalue weighted by Crippen LogP contribution is 2.23. The molecule has 0 saturated heterocycles. The van der Waals surface area contributed by atoms with Gasteiger partial charge < -0.3 is 10.1 Å². The van der Waals surface area contributed by atoms with Gasteiger partial charge in [-0.05, 0) is 55.3 Å². The molecule has 2 aromatic heterocycles. The zero-order valence-electron chi connectivity index (χ0n) is 17.7. The second-order valence-corrected chi connectivity index (χ2v) is 7.07. The van der Waals surface area contributed by atoms with Crippen LogP contribution in [0.2, 0.25) is 0 Å². The summed E-state index contributed by atoms with van der Waals surface area (Å²) in [5.41, 5.74) is 2.93. The van der Waals surface area contributed by atoms with Crippen LogP contribution in [0.4, 0.5) is 5.82 Å². The van der Waals surface area contributed by atoms with E-state index in [0.29, 0.717) is 12.4 Å². The number of hydrogen-bond donors (Lipinski definition) is 1. The molecule has 0 atom stereocenters. The largest absolute Gasteiger partial charge is 0.494 e. The monoisotopic (exact) mass is 423 g/mol. The van der Waals surface area contributed by atoms with Gasteiger partial charge in [0.2, 0.25) is 5.91 Å². The molecule has 0 saturated carbocycles. The molecular weight excluding hydrogens is 402 g/mol. The summed E-state index contributed by atoms with van der Waals surface area (Å²) in [6, 6.07) is 19.2. The summed E-state index contributed by atoms with van der Waals surface area (Å²) in [5.74, 6) is 1.19. The summed E-state index contributed by atoms with van der Waals surface area (Å²) in [6.07, 6.45) is 4.52. The molecule has 1 N–H and O–H groups in total. The van der Waals surface area contributed by atoms with Gasteiger partial charge in [-0.3, -0.25) is 4.79 Å². The molecule has 0 aliphatic carbocycles. The van der Waals surface area contributed by atoms with E-state index in [1.54, 1.807) is 6.08 Å². The smallest absolute Gasteiger partial charge is 0.249 e. The lowest BCUT2D eigenvalue weighted by molar-refractivity contribution is -0.111. The van der Waals surface area contributed by atoms with Gasteiger partial charge >= 0.3 is 0 Å². The van der Waals surface area contributed by atoms with E-state index in [4.69, 9.17) is 4.74 Å². The minimum absolute atomic E-state index is 0.250. The van der Waals surface area contributed by atoms with Crippen molar-refractivity contribution in [3.63, 3.8) is 0 Å². The number of amides is 1. The molecule has 1 amide bonds. The van der Waals surface area contributed by atoms with Crippen molar-refractivity contribution in [1.82, 2.24) is 14.8 Å². The summed E-state index contributed by atoms with van der Waals surface area (Å²) in [5, 5.41) is 17.6. The number of para-hydroxylation sites is 1. The van der Waals surface area contributed by atoms with Crippen molar-refractivity contribution in [2.75, 3.05) is 11.9 Å². The Labute approximate surface area is 185 Å². The molecule has 7 nitrogen and oxygen atoms in total. The molecule has 4 rings (SSSR count). The lowest BCUT2D eigenvalue weighted by Crippen LogP contribution is -2.14. The molecule has 7 heteroatoms. The third-order valence-electron chi connectivity index (χ3n) is 4.88. The fourth-order valence-electron chi connectivity index (χ4n) is 3.34. The third-order valence-corrected chi connectivity index (χ3v) is 4.88.